The second kappa shape index (κ2) is 3.69. The second-order valence-electron chi connectivity index (χ2n) is 4.80. The Kier molecular flexibility index (Phi) is 2.57. The average Bonchev–Trinajstić information content (AvgIpc) is 2.36. The lowest BCUT2D eigenvalue weighted by molar-refractivity contribution is 0.304. The normalized spacial score (nSPS) is 33.0. The highest BCUT2D eigenvalue weighted by Gasteiger charge is 2.32. The van der Waals surface area contributed by atoms with Crippen LogP contribution in [0.4, 0.5) is 0 Å². The summed E-state index contributed by atoms with van der Waals surface area (Å²) in [5.74, 6) is 2.75. The number of fused-ring (bicyclic) bond motifs is 1. The summed E-state index contributed by atoms with van der Waals surface area (Å²) >= 11 is 0. The smallest absolute Gasteiger partial charge is 0.0166 e. The van der Waals surface area contributed by atoms with Crippen molar-refractivity contribution in [3.8, 4) is 0 Å². The maximum absolute atomic E-state index is 2.38. The van der Waals surface area contributed by atoms with Gasteiger partial charge in [-0.3, -0.25) is 0 Å². The number of hydrogen-bond donors (Lipinski definition) is 0. The molecule has 72 valence electrons. The molecule has 0 aromatic heterocycles. The maximum atomic E-state index is 2.38. The van der Waals surface area contributed by atoms with Crippen molar-refractivity contribution < 1.29 is 0 Å². The largest absolute Gasteiger partial charge is 0.0845 e. The lowest BCUT2D eigenvalue weighted by Gasteiger charge is -2.22. The Morgan fingerprint density at radius 2 is 2.15 bits per heavy atom. The molecule has 0 radical (unpaired) electrons. The van der Waals surface area contributed by atoms with Crippen LogP contribution in [0.1, 0.15) is 39.5 Å². The van der Waals surface area contributed by atoms with Crippen LogP contribution in [0.2, 0.25) is 0 Å². The van der Waals surface area contributed by atoms with Crippen molar-refractivity contribution in [1.82, 2.24) is 0 Å². The summed E-state index contributed by atoms with van der Waals surface area (Å²) in [5.41, 5.74) is 1.73. The topological polar surface area (TPSA) is 0 Å². The summed E-state index contributed by atoms with van der Waals surface area (Å²) in [5, 5.41) is 0. The molecule has 0 heterocycles. The summed E-state index contributed by atoms with van der Waals surface area (Å²) in [6, 6.07) is 0. The Hall–Kier alpha value is -0.520. The van der Waals surface area contributed by atoms with Crippen molar-refractivity contribution in [2.24, 2.45) is 17.8 Å². The lowest BCUT2D eigenvalue weighted by Crippen LogP contribution is -2.14. The maximum Gasteiger partial charge on any atom is -0.0166 e. The fraction of sp³-hybridized carbons (Fsp3) is 0.692. The molecule has 13 heavy (non-hydrogen) atoms. The van der Waals surface area contributed by atoms with Crippen LogP contribution in [0.25, 0.3) is 0 Å². The van der Waals surface area contributed by atoms with E-state index in [9.17, 15) is 0 Å². The van der Waals surface area contributed by atoms with Crippen molar-refractivity contribution >= 4 is 0 Å². The first-order valence-corrected chi connectivity index (χ1v) is 5.64. The minimum Gasteiger partial charge on any atom is -0.0845 e. The molecule has 0 amide bonds. The van der Waals surface area contributed by atoms with Gasteiger partial charge in [0.05, 0.1) is 0 Å². The van der Waals surface area contributed by atoms with Gasteiger partial charge >= 0.3 is 0 Å². The molecule has 2 aliphatic carbocycles. The van der Waals surface area contributed by atoms with Crippen molar-refractivity contribution in [3.63, 3.8) is 0 Å². The molecule has 0 aromatic rings. The number of allylic oxidation sites excluding steroid dienone is 4. The van der Waals surface area contributed by atoms with Gasteiger partial charge in [0.25, 0.3) is 0 Å². The van der Waals surface area contributed by atoms with E-state index in [-0.39, 0.29) is 0 Å². The summed E-state index contributed by atoms with van der Waals surface area (Å²) in [6.07, 6.45) is 12.4. The van der Waals surface area contributed by atoms with E-state index in [4.69, 9.17) is 0 Å². The predicted molar refractivity (Wildman–Crippen MR) is 57.5 cm³/mol. The van der Waals surface area contributed by atoms with Crippen LogP contribution >= 0.6 is 0 Å². The van der Waals surface area contributed by atoms with Crippen LogP contribution in [-0.4, -0.2) is 0 Å². The molecule has 0 spiro atoms. The Labute approximate surface area is 81.7 Å². The Morgan fingerprint density at radius 1 is 1.31 bits per heavy atom. The fourth-order valence-electron chi connectivity index (χ4n) is 2.96. The van der Waals surface area contributed by atoms with E-state index in [0.717, 1.165) is 17.8 Å². The van der Waals surface area contributed by atoms with Crippen LogP contribution in [0, 0.1) is 17.8 Å². The van der Waals surface area contributed by atoms with Gasteiger partial charge in [-0.1, -0.05) is 37.6 Å². The van der Waals surface area contributed by atoms with E-state index in [1.807, 2.05) is 0 Å². The van der Waals surface area contributed by atoms with Gasteiger partial charge in [0, 0.05) is 0 Å². The summed E-state index contributed by atoms with van der Waals surface area (Å²) < 4.78 is 0. The highest BCUT2D eigenvalue weighted by atomic mass is 14.4. The van der Waals surface area contributed by atoms with Gasteiger partial charge in [-0.25, -0.2) is 0 Å². The third-order valence-corrected chi connectivity index (χ3v) is 3.71. The van der Waals surface area contributed by atoms with Gasteiger partial charge in [-0.05, 0) is 43.4 Å². The molecule has 0 bridgehead atoms. The Morgan fingerprint density at radius 3 is 2.92 bits per heavy atom. The third-order valence-electron chi connectivity index (χ3n) is 3.71. The number of hydrogen-bond acceptors (Lipinski definition) is 0. The molecule has 0 heteroatoms. The van der Waals surface area contributed by atoms with Crippen molar-refractivity contribution in [3.05, 3.63) is 23.8 Å². The first kappa shape index (κ1) is 9.05. The highest BCUT2D eigenvalue weighted by Crippen LogP contribution is 2.44. The molecular weight excluding hydrogens is 156 g/mol. The van der Waals surface area contributed by atoms with Crippen molar-refractivity contribution in [1.29, 1.82) is 0 Å². The molecule has 2 rings (SSSR count). The van der Waals surface area contributed by atoms with Crippen LogP contribution < -0.4 is 0 Å². The van der Waals surface area contributed by atoms with Crippen molar-refractivity contribution in [2.75, 3.05) is 0 Å². The van der Waals surface area contributed by atoms with Gasteiger partial charge in [0.15, 0.2) is 0 Å². The van der Waals surface area contributed by atoms with Gasteiger partial charge in [-0.15, -0.1) is 0 Å². The molecule has 0 saturated heterocycles. The Bertz CT molecular complexity index is 232. The fourth-order valence-corrected chi connectivity index (χ4v) is 2.96. The van der Waals surface area contributed by atoms with E-state index < -0.39 is 0 Å². The first-order chi connectivity index (χ1) is 6.29. The SMILES string of the molecule is CC(C)C1CCC2=CC=CCCC21. The first-order valence-electron chi connectivity index (χ1n) is 5.64. The number of rotatable bonds is 1. The molecule has 1 saturated carbocycles. The van der Waals surface area contributed by atoms with E-state index in [1.165, 1.54) is 25.7 Å². The van der Waals surface area contributed by atoms with E-state index >= 15 is 0 Å². The van der Waals surface area contributed by atoms with Crippen LogP contribution in [0.15, 0.2) is 23.8 Å². The minimum absolute atomic E-state index is 0.869. The van der Waals surface area contributed by atoms with E-state index in [1.54, 1.807) is 5.57 Å². The summed E-state index contributed by atoms with van der Waals surface area (Å²) in [4.78, 5) is 0. The molecule has 0 aromatic carbocycles. The highest BCUT2D eigenvalue weighted by molar-refractivity contribution is 5.22. The van der Waals surface area contributed by atoms with Gasteiger partial charge < -0.3 is 0 Å². The molecule has 2 aliphatic rings. The second-order valence-corrected chi connectivity index (χ2v) is 4.80. The zero-order chi connectivity index (χ0) is 9.26. The standard InChI is InChI=1S/C13H20/c1-10(2)12-9-8-11-6-4-3-5-7-13(11)12/h3-4,6,10,12-13H,5,7-9H2,1-2H3. The lowest BCUT2D eigenvalue weighted by atomic mass is 9.82. The predicted octanol–water partition coefficient (Wildman–Crippen LogP) is 3.95. The quantitative estimate of drug-likeness (QED) is 0.567. The zero-order valence-corrected chi connectivity index (χ0v) is 8.79. The van der Waals surface area contributed by atoms with Crippen molar-refractivity contribution in [2.45, 2.75) is 39.5 Å². The van der Waals surface area contributed by atoms with Crippen LogP contribution in [-0.2, 0) is 0 Å². The average molecular weight is 176 g/mol. The Balaban J connectivity index is 2.15. The molecular formula is C13H20. The third kappa shape index (κ3) is 1.72. The summed E-state index contributed by atoms with van der Waals surface area (Å²) in [7, 11) is 0. The van der Waals surface area contributed by atoms with Gasteiger partial charge in [0.1, 0.15) is 0 Å². The molecule has 2 atom stereocenters. The minimum atomic E-state index is 0.869. The van der Waals surface area contributed by atoms with Crippen LogP contribution in [0.5, 0.6) is 0 Å². The molecule has 0 N–H and O–H groups in total. The van der Waals surface area contributed by atoms with Gasteiger partial charge in [0.2, 0.25) is 0 Å². The van der Waals surface area contributed by atoms with Gasteiger partial charge in [-0.2, -0.15) is 0 Å². The summed E-state index contributed by atoms with van der Waals surface area (Å²) in [6.45, 7) is 4.76. The van der Waals surface area contributed by atoms with E-state index in [0.29, 0.717) is 0 Å². The monoisotopic (exact) mass is 176 g/mol. The molecule has 0 nitrogen and oxygen atoms in total. The molecule has 1 fully saturated rings. The van der Waals surface area contributed by atoms with Crippen LogP contribution in [0.3, 0.4) is 0 Å². The zero-order valence-electron chi connectivity index (χ0n) is 8.79. The molecule has 0 aliphatic heterocycles. The molecule has 2 unspecified atom stereocenters. The van der Waals surface area contributed by atoms with E-state index in [2.05, 4.69) is 32.1 Å².